The predicted octanol–water partition coefficient (Wildman–Crippen LogP) is 1.90. The zero-order valence-electron chi connectivity index (χ0n) is 13.0. The van der Waals surface area contributed by atoms with Gasteiger partial charge in [0, 0.05) is 18.8 Å². The molecule has 1 aromatic heterocycles. The van der Waals surface area contributed by atoms with Crippen molar-refractivity contribution < 1.29 is 8.42 Å². The minimum absolute atomic E-state index is 0.0215. The Labute approximate surface area is 127 Å². The Morgan fingerprint density at radius 2 is 2.05 bits per heavy atom. The van der Waals surface area contributed by atoms with Crippen LogP contribution < -0.4 is 10.0 Å². The summed E-state index contributed by atoms with van der Waals surface area (Å²) in [5, 5.41) is 3.29. The molecule has 1 aliphatic carbocycles. The first-order chi connectivity index (χ1) is 9.94. The maximum Gasteiger partial charge on any atom is 0.258 e. The molecule has 3 atom stereocenters. The van der Waals surface area contributed by atoms with E-state index in [0.717, 1.165) is 24.9 Å². The molecule has 0 aromatic carbocycles. The Bertz CT molecular complexity index is 557. The summed E-state index contributed by atoms with van der Waals surface area (Å²) in [5.41, 5.74) is 0.985. The normalized spacial score (nSPS) is 26.1. The van der Waals surface area contributed by atoms with Gasteiger partial charge in [-0.25, -0.2) is 18.1 Å². The van der Waals surface area contributed by atoms with Crippen molar-refractivity contribution >= 4 is 10.0 Å². The van der Waals surface area contributed by atoms with Crippen molar-refractivity contribution in [2.45, 2.75) is 51.2 Å². The van der Waals surface area contributed by atoms with Crippen LogP contribution in [0, 0.1) is 11.8 Å². The van der Waals surface area contributed by atoms with Gasteiger partial charge in [-0.2, -0.15) is 0 Å². The second-order valence-electron chi connectivity index (χ2n) is 5.93. The van der Waals surface area contributed by atoms with E-state index < -0.39 is 10.0 Å². The van der Waals surface area contributed by atoms with Gasteiger partial charge in [0.2, 0.25) is 0 Å². The Morgan fingerprint density at radius 1 is 1.29 bits per heavy atom. The first-order valence-electron chi connectivity index (χ1n) is 7.62. The van der Waals surface area contributed by atoms with E-state index in [4.69, 9.17) is 0 Å². The van der Waals surface area contributed by atoms with Crippen LogP contribution in [0.3, 0.4) is 0 Å². The molecule has 0 amide bonds. The fraction of sp³-hybridized carbons (Fsp3) is 0.667. The number of nitrogens with one attached hydrogen (secondary N) is 2. The summed E-state index contributed by atoms with van der Waals surface area (Å²) in [5.74, 6) is 0.931. The highest BCUT2D eigenvalue weighted by atomic mass is 32.2. The largest absolute Gasteiger partial charge is 0.313 e. The smallest absolute Gasteiger partial charge is 0.258 e. The first-order valence-corrected chi connectivity index (χ1v) is 9.10. The summed E-state index contributed by atoms with van der Waals surface area (Å²) in [6.07, 6.45) is 3.60. The molecule has 0 radical (unpaired) electrons. The van der Waals surface area contributed by atoms with Crippen molar-refractivity contribution in [1.82, 2.24) is 15.0 Å². The molecule has 1 saturated carbocycles. The van der Waals surface area contributed by atoms with E-state index in [2.05, 4.69) is 28.9 Å². The van der Waals surface area contributed by atoms with Crippen LogP contribution in [0.5, 0.6) is 0 Å². The second-order valence-corrected chi connectivity index (χ2v) is 7.59. The van der Waals surface area contributed by atoms with E-state index in [0.29, 0.717) is 18.4 Å². The molecule has 5 nitrogen and oxygen atoms in total. The number of nitrogens with zero attached hydrogens (tertiary/aromatic N) is 1. The monoisotopic (exact) mass is 311 g/mol. The lowest BCUT2D eigenvalue weighted by molar-refractivity contribution is 0.402. The molecule has 1 aliphatic rings. The average molecular weight is 311 g/mol. The first kappa shape index (κ1) is 16.4. The van der Waals surface area contributed by atoms with Crippen molar-refractivity contribution in [1.29, 1.82) is 0 Å². The van der Waals surface area contributed by atoms with Gasteiger partial charge in [-0.05, 0) is 42.9 Å². The van der Waals surface area contributed by atoms with Crippen LogP contribution >= 0.6 is 0 Å². The number of hydrogen-bond donors (Lipinski definition) is 2. The standard InChI is InChI=1S/C15H25N3O2S/c1-4-16-9-13-6-8-15(17-10-13)21(19,20)18-14-7-5-11(2)12(14)3/h6,8,10-12,14,16,18H,4-5,7,9H2,1-3H3. The quantitative estimate of drug-likeness (QED) is 0.842. The van der Waals surface area contributed by atoms with E-state index >= 15 is 0 Å². The molecule has 3 unspecified atom stereocenters. The number of sulfonamides is 1. The lowest BCUT2D eigenvalue weighted by Gasteiger charge is -2.19. The Hall–Kier alpha value is -0.980. The molecule has 1 fully saturated rings. The molecular weight excluding hydrogens is 286 g/mol. The van der Waals surface area contributed by atoms with E-state index in [1.165, 1.54) is 0 Å². The SMILES string of the molecule is CCNCc1ccc(S(=O)(=O)NC2CCC(C)C2C)nc1. The van der Waals surface area contributed by atoms with Gasteiger partial charge in [-0.15, -0.1) is 0 Å². The van der Waals surface area contributed by atoms with Gasteiger partial charge in [0.1, 0.15) is 0 Å². The Morgan fingerprint density at radius 3 is 2.57 bits per heavy atom. The topological polar surface area (TPSA) is 71.1 Å². The molecule has 118 valence electrons. The second kappa shape index (κ2) is 6.85. The highest BCUT2D eigenvalue weighted by Gasteiger charge is 2.33. The summed E-state index contributed by atoms with van der Waals surface area (Å²) in [7, 11) is -3.52. The molecule has 0 bridgehead atoms. The average Bonchev–Trinajstić information content (AvgIpc) is 2.77. The van der Waals surface area contributed by atoms with E-state index in [1.54, 1.807) is 12.3 Å². The van der Waals surface area contributed by atoms with Gasteiger partial charge in [0.05, 0.1) is 0 Å². The van der Waals surface area contributed by atoms with E-state index in [-0.39, 0.29) is 11.1 Å². The van der Waals surface area contributed by atoms with Crippen LogP contribution in [0.15, 0.2) is 23.4 Å². The molecule has 0 saturated heterocycles. The highest BCUT2D eigenvalue weighted by molar-refractivity contribution is 7.89. The zero-order valence-corrected chi connectivity index (χ0v) is 13.8. The molecule has 2 rings (SSSR count). The number of aromatic nitrogens is 1. The van der Waals surface area contributed by atoms with Crippen LogP contribution in [0.4, 0.5) is 0 Å². The van der Waals surface area contributed by atoms with E-state index in [1.807, 2.05) is 13.0 Å². The molecule has 0 spiro atoms. The van der Waals surface area contributed by atoms with E-state index in [9.17, 15) is 8.42 Å². The van der Waals surface area contributed by atoms with Crippen molar-refractivity contribution in [3.05, 3.63) is 23.9 Å². The third kappa shape index (κ3) is 4.02. The van der Waals surface area contributed by atoms with Gasteiger partial charge in [-0.3, -0.25) is 0 Å². The van der Waals surface area contributed by atoms with Gasteiger partial charge in [-0.1, -0.05) is 26.8 Å². The van der Waals surface area contributed by atoms with Crippen molar-refractivity contribution in [3.8, 4) is 0 Å². The van der Waals surface area contributed by atoms with Crippen molar-refractivity contribution in [3.63, 3.8) is 0 Å². The minimum Gasteiger partial charge on any atom is -0.313 e. The predicted molar refractivity (Wildman–Crippen MR) is 83.3 cm³/mol. The number of pyridine rings is 1. The zero-order chi connectivity index (χ0) is 15.5. The summed E-state index contributed by atoms with van der Waals surface area (Å²) in [6, 6.07) is 3.41. The van der Waals surface area contributed by atoms with Gasteiger partial charge >= 0.3 is 0 Å². The van der Waals surface area contributed by atoms with Crippen LogP contribution in [0.25, 0.3) is 0 Å². The van der Waals surface area contributed by atoms with Crippen molar-refractivity contribution in [2.24, 2.45) is 11.8 Å². The number of hydrogen-bond acceptors (Lipinski definition) is 4. The molecule has 1 aromatic rings. The van der Waals surface area contributed by atoms with Crippen LogP contribution in [0.2, 0.25) is 0 Å². The third-order valence-corrected chi connectivity index (χ3v) is 5.83. The van der Waals surface area contributed by atoms with Crippen LogP contribution in [0.1, 0.15) is 39.2 Å². The lowest BCUT2D eigenvalue weighted by atomic mass is 9.98. The summed E-state index contributed by atoms with van der Waals surface area (Å²) < 4.78 is 27.6. The summed E-state index contributed by atoms with van der Waals surface area (Å²) >= 11 is 0. The fourth-order valence-electron chi connectivity index (χ4n) is 2.73. The van der Waals surface area contributed by atoms with Gasteiger partial charge in [0.25, 0.3) is 10.0 Å². The van der Waals surface area contributed by atoms with Gasteiger partial charge in [0.15, 0.2) is 5.03 Å². The Kier molecular flexibility index (Phi) is 5.35. The maximum absolute atomic E-state index is 12.4. The highest BCUT2D eigenvalue weighted by Crippen LogP contribution is 2.31. The molecule has 6 heteroatoms. The number of rotatable bonds is 6. The molecule has 21 heavy (non-hydrogen) atoms. The van der Waals surface area contributed by atoms with Crippen LogP contribution in [-0.2, 0) is 16.6 Å². The minimum atomic E-state index is -3.52. The van der Waals surface area contributed by atoms with Crippen LogP contribution in [-0.4, -0.2) is 26.0 Å². The molecular formula is C15H25N3O2S. The molecule has 0 aliphatic heterocycles. The maximum atomic E-state index is 12.4. The summed E-state index contributed by atoms with van der Waals surface area (Å²) in [4.78, 5) is 4.10. The Balaban J connectivity index is 2.05. The third-order valence-electron chi connectivity index (χ3n) is 4.42. The van der Waals surface area contributed by atoms with Crippen molar-refractivity contribution in [2.75, 3.05) is 6.54 Å². The molecule has 2 N–H and O–H groups in total. The summed E-state index contributed by atoms with van der Waals surface area (Å²) in [6.45, 7) is 7.89. The lowest BCUT2D eigenvalue weighted by Crippen LogP contribution is -2.37. The fourth-order valence-corrected chi connectivity index (χ4v) is 4.02. The van der Waals surface area contributed by atoms with Gasteiger partial charge < -0.3 is 5.32 Å². The molecule has 1 heterocycles.